The van der Waals surface area contributed by atoms with Gasteiger partial charge in [-0.25, -0.2) is 9.97 Å². The van der Waals surface area contributed by atoms with Gasteiger partial charge in [-0.15, -0.1) is 10.2 Å². The van der Waals surface area contributed by atoms with Gasteiger partial charge >= 0.3 is 0 Å². The Hall–Kier alpha value is -2.72. The van der Waals surface area contributed by atoms with Crippen LogP contribution < -0.4 is 0 Å². The number of hydrogen-bond acceptors (Lipinski definition) is 7. The lowest BCUT2D eigenvalue weighted by molar-refractivity contribution is 0.465. The summed E-state index contributed by atoms with van der Waals surface area (Å²) in [5.41, 5.74) is 2.30. The molecule has 1 aromatic carbocycles. The second-order valence-corrected chi connectivity index (χ2v) is 5.16. The summed E-state index contributed by atoms with van der Waals surface area (Å²) in [4.78, 5) is 8.02. The third kappa shape index (κ3) is 3.07. The Bertz CT molecular complexity index is 789. The van der Waals surface area contributed by atoms with E-state index in [-0.39, 0.29) is 5.69 Å². The Kier molecular flexibility index (Phi) is 3.62. The van der Waals surface area contributed by atoms with Crippen molar-refractivity contribution >= 4 is 11.8 Å². The molecular formula is C14H9N5OS. The zero-order chi connectivity index (χ0) is 14.7. The van der Waals surface area contributed by atoms with Crippen molar-refractivity contribution in [2.75, 3.05) is 0 Å². The number of aryl methyl sites for hydroxylation is 1. The zero-order valence-corrected chi connectivity index (χ0v) is 11.8. The molecule has 7 heteroatoms. The highest BCUT2D eigenvalue weighted by Crippen LogP contribution is 2.27. The van der Waals surface area contributed by atoms with Crippen LogP contribution in [0.2, 0.25) is 0 Å². The summed E-state index contributed by atoms with van der Waals surface area (Å²) in [5, 5.41) is 17.6. The number of nitriles is 1. The molecule has 0 aliphatic rings. The summed E-state index contributed by atoms with van der Waals surface area (Å²) in [6, 6.07) is 9.74. The van der Waals surface area contributed by atoms with Crippen LogP contribution in [0.5, 0.6) is 0 Å². The molecule has 0 N–H and O–H groups in total. The van der Waals surface area contributed by atoms with Crippen molar-refractivity contribution in [1.29, 1.82) is 5.26 Å². The second-order valence-electron chi connectivity index (χ2n) is 4.19. The number of hydrogen-bond donors (Lipinski definition) is 0. The van der Waals surface area contributed by atoms with Crippen LogP contribution in [0, 0.1) is 18.3 Å². The number of benzene rings is 1. The molecule has 0 saturated heterocycles. The van der Waals surface area contributed by atoms with Gasteiger partial charge in [0.25, 0.3) is 5.22 Å². The molecule has 0 aliphatic carbocycles. The standard InChI is InChI=1S/C14H9N5OS/c1-9-2-4-10(5-3-9)13-18-19-14(20-13)21-12-8-16-11(6-15)7-17-12/h2-5,7-8H,1H3. The van der Waals surface area contributed by atoms with Crippen molar-refractivity contribution < 1.29 is 4.42 Å². The first-order chi connectivity index (χ1) is 10.2. The molecule has 0 atom stereocenters. The summed E-state index contributed by atoms with van der Waals surface area (Å²) in [5.74, 6) is 0.458. The van der Waals surface area contributed by atoms with Gasteiger partial charge in [0.15, 0.2) is 5.69 Å². The summed E-state index contributed by atoms with van der Waals surface area (Å²) < 4.78 is 5.58. The summed E-state index contributed by atoms with van der Waals surface area (Å²) in [7, 11) is 0. The molecule has 2 heterocycles. The van der Waals surface area contributed by atoms with Crippen LogP contribution in [-0.2, 0) is 0 Å². The first kappa shape index (κ1) is 13.3. The van der Waals surface area contributed by atoms with Gasteiger partial charge in [0.1, 0.15) is 11.1 Å². The Morgan fingerprint density at radius 2 is 1.90 bits per heavy atom. The maximum Gasteiger partial charge on any atom is 0.283 e. The van der Waals surface area contributed by atoms with Crippen LogP contribution in [0.1, 0.15) is 11.3 Å². The van der Waals surface area contributed by atoms with E-state index in [9.17, 15) is 0 Å². The van der Waals surface area contributed by atoms with Gasteiger partial charge in [0.05, 0.1) is 12.4 Å². The number of rotatable bonds is 3. The molecule has 0 spiro atoms. The van der Waals surface area contributed by atoms with Gasteiger partial charge in [-0.3, -0.25) is 0 Å². The molecule has 0 aliphatic heterocycles. The predicted octanol–water partition coefficient (Wildman–Crippen LogP) is 2.86. The van der Waals surface area contributed by atoms with E-state index >= 15 is 0 Å². The van der Waals surface area contributed by atoms with Crippen molar-refractivity contribution in [1.82, 2.24) is 20.2 Å². The third-order valence-corrected chi connectivity index (χ3v) is 3.40. The van der Waals surface area contributed by atoms with Crippen LogP contribution >= 0.6 is 11.8 Å². The van der Waals surface area contributed by atoms with Crippen LogP contribution in [0.4, 0.5) is 0 Å². The molecule has 102 valence electrons. The van der Waals surface area contributed by atoms with E-state index in [0.717, 1.165) is 5.56 Å². The Labute approximate surface area is 124 Å². The molecule has 6 nitrogen and oxygen atoms in total. The van der Waals surface area contributed by atoms with Gasteiger partial charge in [-0.05, 0) is 30.8 Å². The van der Waals surface area contributed by atoms with Crippen LogP contribution in [0.3, 0.4) is 0 Å². The van der Waals surface area contributed by atoms with E-state index in [2.05, 4.69) is 20.2 Å². The average Bonchev–Trinajstić information content (AvgIpc) is 2.97. The molecule has 2 aromatic heterocycles. The van der Waals surface area contributed by atoms with Gasteiger partial charge in [-0.2, -0.15) is 5.26 Å². The van der Waals surface area contributed by atoms with Crippen molar-refractivity contribution in [3.63, 3.8) is 0 Å². The second kappa shape index (κ2) is 5.73. The fourth-order valence-corrected chi connectivity index (χ4v) is 2.17. The first-order valence-electron chi connectivity index (χ1n) is 6.05. The minimum atomic E-state index is 0.269. The van der Waals surface area contributed by atoms with Crippen molar-refractivity contribution in [2.45, 2.75) is 17.2 Å². The van der Waals surface area contributed by atoms with Crippen LogP contribution in [0.15, 0.2) is 51.3 Å². The lowest BCUT2D eigenvalue weighted by Crippen LogP contribution is -1.86. The third-order valence-electron chi connectivity index (χ3n) is 2.64. The highest BCUT2D eigenvalue weighted by molar-refractivity contribution is 7.99. The molecule has 0 unspecified atom stereocenters. The van der Waals surface area contributed by atoms with E-state index in [1.54, 1.807) is 0 Å². The molecular weight excluding hydrogens is 286 g/mol. The lowest BCUT2D eigenvalue weighted by Gasteiger charge is -1.96. The van der Waals surface area contributed by atoms with Gasteiger partial charge < -0.3 is 4.42 Å². The quantitative estimate of drug-likeness (QED) is 0.734. The van der Waals surface area contributed by atoms with E-state index in [0.29, 0.717) is 16.1 Å². The first-order valence-corrected chi connectivity index (χ1v) is 6.87. The van der Waals surface area contributed by atoms with Gasteiger partial charge in [0, 0.05) is 5.56 Å². The Morgan fingerprint density at radius 1 is 1.10 bits per heavy atom. The maximum absolute atomic E-state index is 8.67. The minimum absolute atomic E-state index is 0.269. The highest BCUT2D eigenvalue weighted by Gasteiger charge is 2.10. The van der Waals surface area contributed by atoms with Crippen molar-refractivity contribution in [3.05, 3.63) is 47.9 Å². The van der Waals surface area contributed by atoms with Gasteiger partial charge in [-0.1, -0.05) is 17.7 Å². The van der Waals surface area contributed by atoms with E-state index in [4.69, 9.17) is 9.68 Å². The van der Waals surface area contributed by atoms with E-state index in [1.807, 2.05) is 37.3 Å². The molecule has 0 fully saturated rings. The Balaban J connectivity index is 1.78. The topological polar surface area (TPSA) is 88.5 Å². The smallest absolute Gasteiger partial charge is 0.283 e. The van der Waals surface area contributed by atoms with E-state index in [1.165, 1.54) is 29.7 Å². The Morgan fingerprint density at radius 3 is 2.57 bits per heavy atom. The summed E-state index contributed by atoms with van der Waals surface area (Å²) in [6.45, 7) is 2.02. The van der Waals surface area contributed by atoms with Crippen molar-refractivity contribution in [2.24, 2.45) is 0 Å². The maximum atomic E-state index is 8.67. The average molecular weight is 295 g/mol. The molecule has 0 radical (unpaired) electrons. The summed E-state index contributed by atoms with van der Waals surface area (Å²) >= 11 is 1.20. The number of aromatic nitrogens is 4. The normalized spacial score (nSPS) is 10.3. The van der Waals surface area contributed by atoms with E-state index < -0.39 is 0 Å². The molecule has 0 bridgehead atoms. The highest BCUT2D eigenvalue weighted by atomic mass is 32.2. The van der Waals surface area contributed by atoms with Crippen LogP contribution in [0.25, 0.3) is 11.5 Å². The molecule has 3 aromatic rings. The molecule has 3 rings (SSSR count). The molecule has 0 amide bonds. The number of nitrogens with zero attached hydrogens (tertiary/aromatic N) is 5. The minimum Gasteiger partial charge on any atom is -0.411 e. The fourth-order valence-electron chi connectivity index (χ4n) is 1.58. The molecule has 0 saturated carbocycles. The van der Waals surface area contributed by atoms with Gasteiger partial charge in [0.2, 0.25) is 5.89 Å². The fraction of sp³-hybridized carbons (Fsp3) is 0.0714. The summed E-state index contributed by atoms with van der Waals surface area (Å²) in [6.07, 6.45) is 2.90. The SMILES string of the molecule is Cc1ccc(-c2nnc(Sc3cnc(C#N)cn3)o2)cc1. The molecule has 21 heavy (non-hydrogen) atoms. The van der Waals surface area contributed by atoms with Crippen molar-refractivity contribution in [3.8, 4) is 17.5 Å². The lowest BCUT2D eigenvalue weighted by atomic mass is 10.1. The predicted molar refractivity (Wildman–Crippen MR) is 75.3 cm³/mol. The monoisotopic (exact) mass is 295 g/mol. The zero-order valence-electron chi connectivity index (χ0n) is 11.0. The van der Waals surface area contributed by atoms with Crippen LogP contribution in [-0.4, -0.2) is 20.2 Å². The largest absolute Gasteiger partial charge is 0.411 e.